The highest BCUT2D eigenvalue weighted by Crippen LogP contribution is 2.12. The van der Waals surface area contributed by atoms with Gasteiger partial charge in [0.15, 0.2) is 0 Å². The molecule has 2 nitrogen and oxygen atoms in total. The predicted molar refractivity (Wildman–Crippen MR) is 77.3 cm³/mol. The van der Waals surface area contributed by atoms with Crippen LogP contribution < -0.4 is 10.1 Å². The van der Waals surface area contributed by atoms with E-state index in [1.807, 2.05) is 12.1 Å². The van der Waals surface area contributed by atoms with Crippen LogP contribution in [0.25, 0.3) is 0 Å². The molecule has 0 saturated carbocycles. The monoisotopic (exact) mass is 261 g/mol. The quantitative estimate of drug-likeness (QED) is 0.770. The Morgan fingerprint density at radius 3 is 2.67 bits per heavy atom. The van der Waals surface area contributed by atoms with Gasteiger partial charge in [-0.3, -0.25) is 0 Å². The van der Waals surface area contributed by atoms with E-state index in [-0.39, 0.29) is 0 Å². The molecular formula is C15H19NOS. The van der Waals surface area contributed by atoms with Gasteiger partial charge >= 0.3 is 0 Å². The number of ether oxygens (including phenoxy) is 1. The second-order valence-electron chi connectivity index (χ2n) is 4.10. The Bertz CT molecular complexity index is 436. The Morgan fingerprint density at radius 2 is 2.00 bits per heavy atom. The molecular weight excluding hydrogens is 242 g/mol. The normalized spacial score (nSPS) is 10.5. The average Bonchev–Trinajstić information content (AvgIpc) is 2.92. The van der Waals surface area contributed by atoms with Crippen molar-refractivity contribution >= 4 is 11.3 Å². The molecule has 2 aromatic rings. The highest BCUT2D eigenvalue weighted by Gasteiger charge is 1.95. The van der Waals surface area contributed by atoms with Crippen molar-refractivity contribution in [3.8, 4) is 5.75 Å². The zero-order chi connectivity index (χ0) is 12.6. The third-order valence-corrected chi connectivity index (χ3v) is 3.63. The fourth-order valence-corrected chi connectivity index (χ4v) is 2.36. The molecule has 0 fully saturated rings. The summed E-state index contributed by atoms with van der Waals surface area (Å²) >= 11 is 1.78. The standard InChI is InChI=1S/C15H19NOS/c1-2-13-5-7-14(8-6-13)17-10-9-16-12-15-4-3-11-18-15/h3-8,11,16H,2,9-10,12H2,1H3. The zero-order valence-electron chi connectivity index (χ0n) is 10.7. The van der Waals surface area contributed by atoms with E-state index in [2.05, 4.69) is 41.9 Å². The van der Waals surface area contributed by atoms with Gasteiger partial charge in [0.2, 0.25) is 0 Å². The first-order chi connectivity index (χ1) is 8.88. The first kappa shape index (κ1) is 13.1. The molecule has 0 unspecified atom stereocenters. The van der Waals surface area contributed by atoms with E-state index in [1.54, 1.807) is 11.3 Å². The summed E-state index contributed by atoms with van der Waals surface area (Å²) in [5.74, 6) is 0.949. The molecule has 0 amide bonds. The van der Waals surface area contributed by atoms with Crippen LogP contribution in [0.15, 0.2) is 41.8 Å². The van der Waals surface area contributed by atoms with E-state index in [9.17, 15) is 0 Å². The molecule has 3 heteroatoms. The third-order valence-electron chi connectivity index (χ3n) is 2.76. The summed E-state index contributed by atoms with van der Waals surface area (Å²) in [6.45, 7) is 4.66. The fraction of sp³-hybridized carbons (Fsp3) is 0.333. The van der Waals surface area contributed by atoms with E-state index in [0.29, 0.717) is 6.61 Å². The molecule has 0 aliphatic rings. The van der Waals surface area contributed by atoms with Gasteiger partial charge in [-0.2, -0.15) is 0 Å². The van der Waals surface area contributed by atoms with Crippen molar-refractivity contribution in [2.75, 3.05) is 13.2 Å². The van der Waals surface area contributed by atoms with Crippen molar-refractivity contribution in [1.82, 2.24) is 5.32 Å². The summed E-state index contributed by atoms with van der Waals surface area (Å²) in [4.78, 5) is 1.36. The lowest BCUT2D eigenvalue weighted by Crippen LogP contribution is -2.20. The summed E-state index contributed by atoms with van der Waals surface area (Å²) in [5.41, 5.74) is 1.35. The summed E-state index contributed by atoms with van der Waals surface area (Å²) in [7, 11) is 0. The number of thiophene rings is 1. The molecule has 1 aromatic heterocycles. The maximum atomic E-state index is 5.67. The van der Waals surface area contributed by atoms with Crippen LogP contribution in [0.2, 0.25) is 0 Å². The molecule has 0 radical (unpaired) electrons. The summed E-state index contributed by atoms with van der Waals surface area (Å²) in [6, 6.07) is 12.5. The lowest BCUT2D eigenvalue weighted by molar-refractivity contribution is 0.314. The number of nitrogens with one attached hydrogen (secondary N) is 1. The molecule has 1 N–H and O–H groups in total. The van der Waals surface area contributed by atoms with Crippen LogP contribution in [0.5, 0.6) is 5.75 Å². The van der Waals surface area contributed by atoms with Crippen LogP contribution in [0, 0.1) is 0 Å². The largest absolute Gasteiger partial charge is 0.492 e. The Hall–Kier alpha value is -1.32. The molecule has 2 rings (SSSR count). The lowest BCUT2D eigenvalue weighted by Gasteiger charge is -2.07. The molecule has 0 aliphatic heterocycles. The zero-order valence-corrected chi connectivity index (χ0v) is 11.5. The van der Waals surface area contributed by atoms with E-state index in [1.165, 1.54) is 10.4 Å². The first-order valence-electron chi connectivity index (χ1n) is 6.33. The van der Waals surface area contributed by atoms with Gasteiger partial charge in [0, 0.05) is 18.0 Å². The van der Waals surface area contributed by atoms with E-state index in [0.717, 1.165) is 25.3 Å². The van der Waals surface area contributed by atoms with Gasteiger partial charge in [-0.15, -0.1) is 11.3 Å². The van der Waals surface area contributed by atoms with Gasteiger partial charge < -0.3 is 10.1 Å². The molecule has 0 aliphatic carbocycles. The molecule has 0 atom stereocenters. The Labute approximate surface area is 113 Å². The average molecular weight is 261 g/mol. The molecule has 1 aromatic carbocycles. The number of hydrogen-bond donors (Lipinski definition) is 1. The number of hydrogen-bond acceptors (Lipinski definition) is 3. The molecule has 18 heavy (non-hydrogen) atoms. The molecule has 0 spiro atoms. The minimum atomic E-state index is 0.705. The van der Waals surface area contributed by atoms with Crippen molar-refractivity contribution in [3.63, 3.8) is 0 Å². The fourth-order valence-electron chi connectivity index (χ4n) is 1.69. The van der Waals surface area contributed by atoms with E-state index >= 15 is 0 Å². The van der Waals surface area contributed by atoms with E-state index in [4.69, 9.17) is 4.74 Å². The van der Waals surface area contributed by atoms with Gasteiger partial charge in [0.25, 0.3) is 0 Å². The van der Waals surface area contributed by atoms with Crippen LogP contribution in [0.1, 0.15) is 17.4 Å². The summed E-state index contributed by atoms with van der Waals surface area (Å²) in [6.07, 6.45) is 1.07. The van der Waals surface area contributed by atoms with Crippen molar-refractivity contribution in [2.24, 2.45) is 0 Å². The minimum absolute atomic E-state index is 0.705. The Balaban J connectivity index is 1.62. The minimum Gasteiger partial charge on any atom is -0.492 e. The number of benzene rings is 1. The summed E-state index contributed by atoms with van der Waals surface area (Å²) in [5, 5.41) is 5.47. The molecule has 1 heterocycles. The van der Waals surface area contributed by atoms with Gasteiger partial charge in [0.05, 0.1) is 0 Å². The topological polar surface area (TPSA) is 21.3 Å². The second-order valence-corrected chi connectivity index (χ2v) is 5.13. The van der Waals surface area contributed by atoms with E-state index < -0.39 is 0 Å². The SMILES string of the molecule is CCc1ccc(OCCNCc2cccs2)cc1. The first-order valence-corrected chi connectivity index (χ1v) is 7.21. The molecule has 0 bridgehead atoms. The van der Waals surface area contributed by atoms with Crippen LogP contribution in [0.3, 0.4) is 0 Å². The van der Waals surface area contributed by atoms with Gasteiger partial charge in [-0.25, -0.2) is 0 Å². The van der Waals surface area contributed by atoms with Crippen molar-refractivity contribution in [3.05, 3.63) is 52.2 Å². The summed E-state index contributed by atoms with van der Waals surface area (Å²) < 4.78 is 5.67. The van der Waals surface area contributed by atoms with Crippen LogP contribution >= 0.6 is 11.3 Å². The van der Waals surface area contributed by atoms with Crippen molar-refractivity contribution < 1.29 is 4.74 Å². The highest BCUT2D eigenvalue weighted by molar-refractivity contribution is 7.09. The number of aryl methyl sites for hydroxylation is 1. The van der Waals surface area contributed by atoms with Crippen LogP contribution in [-0.2, 0) is 13.0 Å². The van der Waals surface area contributed by atoms with Crippen molar-refractivity contribution in [1.29, 1.82) is 0 Å². The second kappa shape index (κ2) is 7.19. The third kappa shape index (κ3) is 4.17. The smallest absolute Gasteiger partial charge is 0.119 e. The van der Waals surface area contributed by atoms with Crippen LogP contribution in [-0.4, -0.2) is 13.2 Å². The maximum Gasteiger partial charge on any atom is 0.119 e. The van der Waals surface area contributed by atoms with Crippen molar-refractivity contribution in [2.45, 2.75) is 19.9 Å². The van der Waals surface area contributed by atoms with Gasteiger partial charge in [-0.1, -0.05) is 25.1 Å². The predicted octanol–water partition coefficient (Wildman–Crippen LogP) is 3.48. The molecule has 96 valence electrons. The van der Waals surface area contributed by atoms with Crippen LogP contribution in [0.4, 0.5) is 0 Å². The highest BCUT2D eigenvalue weighted by atomic mass is 32.1. The van der Waals surface area contributed by atoms with Gasteiger partial charge in [-0.05, 0) is 35.6 Å². The number of rotatable bonds is 7. The Kier molecular flexibility index (Phi) is 5.24. The molecule has 0 saturated heterocycles. The Morgan fingerprint density at radius 1 is 1.17 bits per heavy atom. The maximum absolute atomic E-state index is 5.67. The van der Waals surface area contributed by atoms with Gasteiger partial charge in [0.1, 0.15) is 12.4 Å². The lowest BCUT2D eigenvalue weighted by atomic mass is 10.2.